The van der Waals surface area contributed by atoms with Crippen molar-refractivity contribution in [3.8, 4) is 11.5 Å². The molecule has 2 aromatic heterocycles. The van der Waals surface area contributed by atoms with Crippen LogP contribution in [-0.4, -0.2) is 57.1 Å². The molecule has 1 saturated heterocycles. The summed E-state index contributed by atoms with van der Waals surface area (Å²) in [7, 11) is 0. The maximum absolute atomic E-state index is 13.3. The van der Waals surface area contributed by atoms with Crippen LogP contribution < -0.4 is 20.3 Å². The second kappa shape index (κ2) is 9.82. The lowest BCUT2D eigenvalue weighted by Crippen LogP contribution is -2.50. The minimum atomic E-state index is -0.580. The van der Waals surface area contributed by atoms with Gasteiger partial charge in [-0.1, -0.05) is 36.5 Å². The number of hydrogen-bond donors (Lipinski definition) is 2. The molecule has 2 unspecified atom stereocenters. The van der Waals surface area contributed by atoms with E-state index in [1.54, 1.807) is 35.5 Å². The second-order valence-electron chi connectivity index (χ2n) is 9.10. The van der Waals surface area contributed by atoms with Crippen molar-refractivity contribution in [3.63, 3.8) is 0 Å². The Kier molecular flexibility index (Phi) is 6.20. The van der Waals surface area contributed by atoms with Crippen molar-refractivity contribution < 1.29 is 19.1 Å². The predicted molar refractivity (Wildman–Crippen MR) is 141 cm³/mol. The number of rotatable bonds is 6. The van der Waals surface area contributed by atoms with Gasteiger partial charge in [0.05, 0.1) is 17.9 Å². The van der Waals surface area contributed by atoms with Gasteiger partial charge in [-0.15, -0.1) is 0 Å². The number of pyridine rings is 2. The summed E-state index contributed by atoms with van der Waals surface area (Å²) in [4.78, 5) is 50.6. The van der Waals surface area contributed by atoms with Crippen LogP contribution in [-0.2, 0) is 9.59 Å². The normalized spacial score (nSPS) is 21.5. The second-order valence-corrected chi connectivity index (χ2v) is 10.2. The summed E-state index contributed by atoms with van der Waals surface area (Å²) in [5.74, 6) is 1.31. The fourth-order valence-corrected chi connectivity index (χ4v) is 6.17. The van der Waals surface area contributed by atoms with E-state index in [2.05, 4.69) is 27.2 Å². The summed E-state index contributed by atoms with van der Waals surface area (Å²) in [5, 5.41) is 6.15. The number of ether oxygens (including phenoxy) is 1. The highest BCUT2D eigenvalue weighted by molar-refractivity contribution is 8.01. The molecule has 0 spiro atoms. The van der Waals surface area contributed by atoms with Crippen LogP contribution in [0.3, 0.4) is 0 Å². The van der Waals surface area contributed by atoms with Crippen molar-refractivity contribution in [2.24, 2.45) is 0 Å². The van der Waals surface area contributed by atoms with Crippen LogP contribution in [0.1, 0.15) is 18.0 Å². The van der Waals surface area contributed by atoms with E-state index < -0.39 is 11.3 Å². The molecule has 1 aromatic carbocycles. The van der Waals surface area contributed by atoms with Gasteiger partial charge in [0.25, 0.3) is 0 Å². The van der Waals surface area contributed by atoms with E-state index in [0.29, 0.717) is 47.5 Å². The molecule has 4 amide bonds. The van der Waals surface area contributed by atoms with E-state index in [1.807, 2.05) is 30.3 Å². The fraction of sp³-hybridized carbons (Fsp3) is 0.222. The van der Waals surface area contributed by atoms with Crippen molar-refractivity contribution in [1.82, 2.24) is 25.5 Å². The monoisotopic (exact) mass is 528 g/mol. The molecule has 38 heavy (non-hydrogen) atoms. The van der Waals surface area contributed by atoms with E-state index in [0.717, 1.165) is 5.56 Å². The molecule has 0 bridgehead atoms. The highest BCUT2D eigenvalue weighted by Crippen LogP contribution is 2.50. The van der Waals surface area contributed by atoms with Crippen molar-refractivity contribution in [2.45, 2.75) is 28.8 Å². The number of benzene rings is 1. The molecule has 2 N–H and O–H groups in total. The Morgan fingerprint density at radius 1 is 1.13 bits per heavy atom. The zero-order valence-electron chi connectivity index (χ0n) is 20.2. The van der Waals surface area contributed by atoms with E-state index in [4.69, 9.17) is 4.74 Å². The summed E-state index contributed by atoms with van der Waals surface area (Å²) < 4.78 is 5.82. The molecule has 3 aromatic rings. The molecule has 1 fully saturated rings. The van der Waals surface area contributed by atoms with Crippen molar-refractivity contribution in [2.75, 3.05) is 18.0 Å². The van der Waals surface area contributed by atoms with E-state index in [-0.39, 0.29) is 23.9 Å². The predicted octanol–water partition coefficient (Wildman–Crippen LogP) is 3.55. The third kappa shape index (κ3) is 4.34. The molecule has 3 atom stereocenters. The average Bonchev–Trinajstić information content (AvgIpc) is 3.55. The zero-order valence-corrected chi connectivity index (χ0v) is 21.1. The van der Waals surface area contributed by atoms with E-state index in [1.165, 1.54) is 22.7 Å². The quantitative estimate of drug-likeness (QED) is 0.470. The molecule has 0 radical (unpaired) electrons. The number of carbonyl (C=O) groups excluding carboxylic acids is 3. The maximum atomic E-state index is 13.3. The molecule has 5 heterocycles. The lowest BCUT2D eigenvalue weighted by molar-refractivity contribution is -0.126. The number of aromatic nitrogens is 2. The molecule has 6 rings (SSSR count). The number of anilines is 2. The molecule has 11 heteroatoms. The number of hydrogen-bond acceptors (Lipinski definition) is 7. The Labute approximate surface area is 223 Å². The zero-order chi connectivity index (χ0) is 26.2. The molecule has 3 aliphatic rings. The van der Waals surface area contributed by atoms with Crippen LogP contribution in [0.2, 0.25) is 0 Å². The smallest absolute Gasteiger partial charge is 0.328 e. The van der Waals surface area contributed by atoms with Crippen molar-refractivity contribution in [3.05, 3.63) is 79.1 Å². The van der Waals surface area contributed by atoms with Crippen LogP contribution in [0.25, 0.3) is 0 Å². The van der Waals surface area contributed by atoms with E-state index >= 15 is 0 Å². The lowest BCUT2D eigenvalue weighted by Gasteiger charge is -2.33. The highest BCUT2D eigenvalue weighted by atomic mass is 32.2. The van der Waals surface area contributed by atoms with Crippen LogP contribution in [0.15, 0.2) is 78.6 Å². The Hall–Kier alpha value is -4.38. The SMILES string of the molecule is C=CC(=O)N1CCC(NC(=O)[C@@H]2Sc3nccc4c3C2NC(=O)N4c2ccc(Oc3ccccc3)cn2)C1. The first-order valence-corrected chi connectivity index (χ1v) is 13.1. The summed E-state index contributed by atoms with van der Waals surface area (Å²) in [6.07, 6.45) is 5.14. The van der Waals surface area contributed by atoms with Gasteiger partial charge in [-0.3, -0.25) is 9.59 Å². The van der Waals surface area contributed by atoms with Crippen LogP contribution in [0, 0.1) is 0 Å². The number of nitrogens with zero attached hydrogens (tertiary/aromatic N) is 4. The first kappa shape index (κ1) is 24.0. The average molecular weight is 529 g/mol. The third-order valence-electron chi connectivity index (χ3n) is 6.71. The van der Waals surface area contributed by atoms with Crippen LogP contribution >= 0.6 is 11.8 Å². The van der Waals surface area contributed by atoms with Gasteiger partial charge in [0.1, 0.15) is 27.6 Å². The molecular formula is C27H24N6O4S. The van der Waals surface area contributed by atoms with Gasteiger partial charge < -0.3 is 20.3 Å². The standard InChI is InChI=1S/C27H24N6O4S/c1-2-21(34)32-13-11-16(15-32)30-25(35)24-23-22-19(10-12-28-26(22)38-24)33(27(36)31-23)20-9-8-18(14-29-20)37-17-6-4-3-5-7-17/h2-10,12,14,16,23-24H,1,11,13,15H2,(H,30,35)(H,31,36)/t16?,23?,24-/m1/s1. The lowest BCUT2D eigenvalue weighted by atomic mass is 10.00. The molecule has 0 aliphatic carbocycles. The Morgan fingerprint density at radius 3 is 2.74 bits per heavy atom. The maximum Gasteiger partial charge on any atom is 0.328 e. The first-order chi connectivity index (χ1) is 18.5. The van der Waals surface area contributed by atoms with Crippen molar-refractivity contribution >= 4 is 41.1 Å². The number of carbonyl (C=O) groups is 3. The molecule has 3 aliphatic heterocycles. The summed E-state index contributed by atoms with van der Waals surface area (Å²) >= 11 is 1.33. The Bertz CT molecular complexity index is 1420. The number of thioether (sulfide) groups is 1. The van der Waals surface area contributed by atoms with Gasteiger partial charge in [-0.2, -0.15) is 0 Å². The van der Waals surface area contributed by atoms with Gasteiger partial charge in [0, 0.05) is 30.9 Å². The third-order valence-corrected chi connectivity index (χ3v) is 8.00. The van der Waals surface area contributed by atoms with Gasteiger partial charge in [0.15, 0.2) is 0 Å². The van der Waals surface area contributed by atoms with Gasteiger partial charge in [-0.05, 0) is 42.8 Å². The summed E-state index contributed by atoms with van der Waals surface area (Å²) in [5.41, 5.74) is 1.43. The number of likely N-dealkylation sites (tertiary alicyclic amines) is 1. The number of para-hydroxylation sites is 1. The molecule has 0 saturated carbocycles. The first-order valence-electron chi connectivity index (χ1n) is 12.2. The van der Waals surface area contributed by atoms with Crippen molar-refractivity contribution in [1.29, 1.82) is 0 Å². The topological polar surface area (TPSA) is 117 Å². The van der Waals surface area contributed by atoms with Gasteiger partial charge in [-0.25, -0.2) is 19.7 Å². The summed E-state index contributed by atoms with van der Waals surface area (Å²) in [6, 6.07) is 13.5. The van der Waals surface area contributed by atoms with Crippen LogP contribution in [0.4, 0.5) is 16.3 Å². The minimum Gasteiger partial charge on any atom is -0.456 e. The van der Waals surface area contributed by atoms with Gasteiger partial charge >= 0.3 is 6.03 Å². The van der Waals surface area contributed by atoms with Crippen LogP contribution in [0.5, 0.6) is 11.5 Å². The minimum absolute atomic E-state index is 0.147. The highest BCUT2D eigenvalue weighted by Gasteiger charge is 2.47. The van der Waals surface area contributed by atoms with Gasteiger partial charge in [0.2, 0.25) is 11.8 Å². The molecule has 192 valence electrons. The molecular weight excluding hydrogens is 504 g/mol. The number of amides is 4. The summed E-state index contributed by atoms with van der Waals surface area (Å²) in [6.45, 7) is 4.53. The van der Waals surface area contributed by atoms with E-state index in [9.17, 15) is 14.4 Å². The number of urea groups is 1. The largest absolute Gasteiger partial charge is 0.456 e. The molecule has 10 nitrogen and oxygen atoms in total. The Balaban J connectivity index is 1.20. The fourth-order valence-electron chi connectivity index (χ4n) is 4.93. The number of nitrogens with one attached hydrogen (secondary N) is 2. The Morgan fingerprint density at radius 2 is 1.97 bits per heavy atom.